The van der Waals surface area contributed by atoms with Crippen LogP contribution in [0.4, 0.5) is 11.4 Å². The van der Waals surface area contributed by atoms with Gasteiger partial charge in [-0.15, -0.1) is 0 Å². The molecule has 0 atom stereocenters. The monoisotopic (exact) mass is 221 g/mol. The van der Waals surface area contributed by atoms with Gasteiger partial charge in [0.05, 0.1) is 29.9 Å². The smallest absolute Gasteiger partial charge is 0.0610 e. The van der Waals surface area contributed by atoms with E-state index < -0.39 is 0 Å². The molecule has 1 aliphatic rings. The number of methoxy groups -OCH3 is 1. The van der Waals surface area contributed by atoms with Gasteiger partial charge in [0.1, 0.15) is 0 Å². The van der Waals surface area contributed by atoms with Crippen molar-refractivity contribution in [1.29, 1.82) is 0 Å². The Morgan fingerprint density at radius 2 is 2.12 bits per heavy atom. The fourth-order valence-electron chi connectivity index (χ4n) is 1.93. The van der Waals surface area contributed by atoms with Crippen LogP contribution >= 0.6 is 0 Å². The first-order chi connectivity index (χ1) is 7.81. The molecule has 4 nitrogen and oxygen atoms in total. The molecule has 0 bridgehead atoms. The van der Waals surface area contributed by atoms with E-state index in [1.165, 1.54) is 0 Å². The van der Waals surface area contributed by atoms with Crippen LogP contribution in [0.3, 0.4) is 0 Å². The van der Waals surface area contributed by atoms with E-state index in [0.29, 0.717) is 12.1 Å². The highest BCUT2D eigenvalue weighted by atomic mass is 16.5. The summed E-state index contributed by atoms with van der Waals surface area (Å²) in [4.78, 5) is 4.20. The molecular weight excluding hydrogens is 202 g/mol. The highest BCUT2D eigenvalue weighted by molar-refractivity contribution is 5.54. The molecule has 1 fully saturated rings. The van der Waals surface area contributed by atoms with Crippen molar-refractivity contribution in [1.82, 2.24) is 4.98 Å². The standard InChI is InChI=1S/C12H19N3O/c1-3-14-10-4-11(8-13-7-10)15-9-5-12(6-9)16-2/h4,7-9,12,14-15H,3,5-6H2,1-2H3. The molecule has 2 N–H and O–H groups in total. The number of nitrogens with one attached hydrogen (secondary N) is 2. The lowest BCUT2D eigenvalue weighted by molar-refractivity contribution is 0.0328. The fourth-order valence-corrected chi connectivity index (χ4v) is 1.93. The predicted molar refractivity (Wildman–Crippen MR) is 65.8 cm³/mol. The summed E-state index contributed by atoms with van der Waals surface area (Å²) in [5.41, 5.74) is 2.15. The van der Waals surface area contributed by atoms with Gasteiger partial charge in [-0.3, -0.25) is 4.98 Å². The quantitative estimate of drug-likeness (QED) is 0.799. The van der Waals surface area contributed by atoms with Gasteiger partial charge in [-0.1, -0.05) is 0 Å². The summed E-state index contributed by atoms with van der Waals surface area (Å²) in [7, 11) is 1.77. The number of ether oxygens (including phenoxy) is 1. The molecule has 1 aromatic rings. The lowest BCUT2D eigenvalue weighted by Crippen LogP contribution is -2.40. The first-order valence-corrected chi connectivity index (χ1v) is 5.80. The van der Waals surface area contributed by atoms with Gasteiger partial charge in [0.25, 0.3) is 0 Å². The lowest BCUT2D eigenvalue weighted by Gasteiger charge is -2.35. The van der Waals surface area contributed by atoms with E-state index in [-0.39, 0.29) is 0 Å². The zero-order valence-corrected chi connectivity index (χ0v) is 9.86. The van der Waals surface area contributed by atoms with Crippen molar-refractivity contribution in [2.75, 3.05) is 24.3 Å². The molecule has 0 aromatic carbocycles. The average molecular weight is 221 g/mol. The highest BCUT2D eigenvalue weighted by Gasteiger charge is 2.28. The van der Waals surface area contributed by atoms with Crippen molar-refractivity contribution < 1.29 is 4.74 Å². The van der Waals surface area contributed by atoms with Crippen LogP contribution in [0.15, 0.2) is 18.5 Å². The summed E-state index contributed by atoms with van der Waals surface area (Å²) in [5, 5.41) is 6.71. The number of hydrogen-bond acceptors (Lipinski definition) is 4. The molecular formula is C12H19N3O. The highest BCUT2D eigenvalue weighted by Crippen LogP contribution is 2.26. The molecule has 1 aliphatic carbocycles. The van der Waals surface area contributed by atoms with E-state index in [0.717, 1.165) is 30.8 Å². The van der Waals surface area contributed by atoms with E-state index in [1.54, 1.807) is 7.11 Å². The normalized spacial score (nSPS) is 23.6. The maximum atomic E-state index is 5.25. The molecule has 0 spiro atoms. The third kappa shape index (κ3) is 2.64. The van der Waals surface area contributed by atoms with Crippen LogP contribution in [0.1, 0.15) is 19.8 Å². The Morgan fingerprint density at radius 3 is 2.81 bits per heavy atom. The van der Waals surface area contributed by atoms with E-state index in [2.05, 4.69) is 28.6 Å². The van der Waals surface area contributed by atoms with Crippen molar-refractivity contribution in [3.63, 3.8) is 0 Å². The molecule has 2 rings (SSSR count). The average Bonchev–Trinajstić information content (AvgIpc) is 2.24. The molecule has 1 saturated carbocycles. The molecule has 0 unspecified atom stereocenters. The van der Waals surface area contributed by atoms with Crippen LogP contribution in [0.25, 0.3) is 0 Å². The van der Waals surface area contributed by atoms with Crippen molar-refractivity contribution >= 4 is 11.4 Å². The maximum Gasteiger partial charge on any atom is 0.0610 e. The van der Waals surface area contributed by atoms with Crippen LogP contribution in [-0.2, 0) is 4.74 Å². The van der Waals surface area contributed by atoms with Gasteiger partial charge in [-0.05, 0) is 25.8 Å². The van der Waals surface area contributed by atoms with Crippen molar-refractivity contribution in [3.8, 4) is 0 Å². The number of rotatable bonds is 5. The Kier molecular flexibility index (Phi) is 3.62. The Balaban J connectivity index is 1.87. The number of hydrogen-bond donors (Lipinski definition) is 2. The minimum atomic E-state index is 0.433. The van der Waals surface area contributed by atoms with Gasteiger partial charge in [-0.25, -0.2) is 0 Å². The van der Waals surface area contributed by atoms with Crippen LogP contribution < -0.4 is 10.6 Å². The zero-order valence-electron chi connectivity index (χ0n) is 9.86. The third-order valence-electron chi connectivity index (χ3n) is 2.92. The van der Waals surface area contributed by atoms with Crippen LogP contribution in [-0.4, -0.2) is 30.8 Å². The molecule has 0 radical (unpaired) electrons. The summed E-state index contributed by atoms with van der Waals surface area (Å²) in [6, 6.07) is 2.63. The number of aromatic nitrogens is 1. The van der Waals surface area contributed by atoms with Crippen molar-refractivity contribution in [3.05, 3.63) is 18.5 Å². The molecule has 1 heterocycles. The van der Waals surface area contributed by atoms with Crippen LogP contribution in [0, 0.1) is 0 Å². The van der Waals surface area contributed by atoms with Crippen molar-refractivity contribution in [2.45, 2.75) is 31.9 Å². The first-order valence-electron chi connectivity index (χ1n) is 5.80. The number of anilines is 2. The Morgan fingerprint density at radius 1 is 1.38 bits per heavy atom. The molecule has 4 heteroatoms. The maximum absolute atomic E-state index is 5.25. The predicted octanol–water partition coefficient (Wildman–Crippen LogP) is 2.10. The Labute approximate surface area is 96.4 Å². The van der Waals surface area contributed by atoms with Gasteiger partial charge in [0.2, 0.25) is 0 Å². The van der Waals surface area contributed by atoms with Gasteiger partial charge in [0.15, 0.2) is 0 Å². The van der Waals surface area contributed by atoms with Gasteiger partial charge in [0, 0.05) is 19.7 Å². The second-order valence-corrected chi connectivity index (χ2v) is 4.16. The minimum Gasteiger partial charge on any atom is -0.384 e. The number of pyridine rings is 1. The number of nitrogens with zero attached hydrogens (tertiary/aromatic N) is 1. The second-order valence-electron chi connectivity index (χ2n) is 4.16. The van der Waals surface area contributed by atoms with Crippen LogP contribution in [0.5, 0.6) is 0 Å². The van der Waals surface area contributed by atoms with Gasteiger partial charge in [-0.2, -0.15) is 0 Å². The third-order valence-corrected chi connectivity index (χ3v) is 2.92. The van der Waals surface area contributed by atoms with E-state index in [1.807, 2.05) is 12.4 Å². The molecule has 88 valence electrons. The first kappa shape index (κ1) is 11.2. The molecule has 1 aromatic heterocycles. The summed E-state index contributed by atoms with van der Waals surface area (Å²) in [6.45, 7) is 3.00. The summed E-state index contributed by atoms with van der Waals surface area (Å²) in [5.74, 6) is 0. The Bertz CT molecular complexity index is 337. The summed E-state index contributed by atoms with van der Waals surface area (Å²) in [6.07, 6.45) is 6.31. The zero-order chi connectivity index (χ0) is 11.4. The SMILES string of the molecule is CCNc1cncc(NC2CC(OC)C2)c1. The van der Waals surface area contributed by atoms with E-state index >= 15 is 0 Å². The molecule has 16 heavy (non-hydrogen) atoms. The van der Waals surface area contributed by atoms with E-state index in [9.17, 15) is 0 Å². The summed E-state index contributed by atoms with van der Waals surface area (Å²) < 4.78 is 5.25. The summed E-state index contributed by atoms with van der Waals surface area (Å²) >= 11 is 0. The van der Waals surface area contributed by atoms with Crippen molar-refractivity contribution in [2.24, 2.45) is 0 Å². The molecule has 0 amide bonds. The van der Waals surface area contributed by atoms with Gasteiger partial charge >= 0.3 is 0 Å². The van der Waals surface area contributed by atoms with Gasteiger partial charge < -0.3 is 15.4 Å². The second kappa shape index (κ2) is 5.16. The molecule has 0 aliphatic heterocycles. The minimum absolute atomic E-state index is 0.433. The topological polar surface area (TPSA) is 46.2 Å². The Hall–Kier alpha value is -1.29. The largest absolute Gasteiger partial charge is 0.384 e. The van der Waals surface area contributed by atoms with Crippen LogP contribution in [0.2, 0.25) is 0 Å². The van der Waals surface area contributed by atoms with E-state index in [4.69, 9.17) is 4.74 Å². The molecule has 0 saturated heterocycles. The lowest BCUT2D eigenvalue weighted by atomic mass is 9.89. The fraction of sp³-hybridized carbons (Fsp3) is 0.583.